The van der Waals surface area contributed by atoms with Crippen LogP contribution in [0.25, 0.3) is 10.9 Å². The monoisotopic (exact) mass is 515 g/mol. The number of nitrogens with zero attached hydrogens (tertiary/aromatic N) is 2. The van der Waals surface area contributed by atoms with E-state index in [2.05, 4.69) is 5.32 Å². The van der Waals surface area contributed by atoms with Gasteiger partial charge in [0, 0.05) is 26.3 Å². The van der Waals surface area contributed by atoms with Gasteiger partial charge in [0.05, 0.1) is 29.3 Å². The average Bonchev–Trinajstić information content (AvgIpc) is 2.90. The van der Waals surface area contributed by atoms with Crippen LogP contribution in [-0.2, 0) is 13.5 Å². The molecule has 0 saturated heterocycles. The van der Waals surface area contributed by atoms with Crippen molar-refractivity contribution in [3.8, 4) is 5.75 Å². The minimum atomic E-state index is -1.80. The molecule has 11 nitrogen and oxygen atoms in total. The highest BCUT2D eigenvalue weighted by Gasteiger charge is 2.32. The number of hydrogen-bond donors (Lipinski definition) is 7. The third-order valence-electron chi connectivity index (χ3n) is 6.40. The number of likely N-dealkylation sites (N-methyl/N-ethyl adjacent to an activating group) is 1. The van der Waals surface area contributed by atoms with E-state index in [0.717, 1.165) is 5.56 Å². The third kappa shape index (κ3) is 5.60. The number of fused-ring (bicyclic) bond motifs is 1. The Morgan fingerprint density at radius 2 is 1.65 bits per heavy atom. The largest absolute Gasteiger partial charge is 0.506 e. The number of aryl methyl sites for hydroxylation is 2. The minimum absolute atomic E-state index is 0.194. The number of aromatic hydroxyl groups is 1. The van der Waals surface area contributed by atoms with Crippen molar-refractivity contribution in [1.82, 2.24) is 4.57 Å². The third-order valence-corrected chi connectivity index (χ3v) is 6.40. The Kier molecular flexibility index (Phi) is 8.89. The van der Waals surface area contributed by atoms with Crippen LogP contribution in [0.1, 0.15) is 22.8 Å². The van der Waals surface area contributed by atoms with Gasteiger partial charge in [0.1, 0.15) is 29.6 Å². The molecule has 0 fully saturated rings. The smallest absolute Gasteiger partial charge is 0.267 e. The van der Waals surface area contributed by atoms with Gasteiger partial charge < -0.3 is 45.4 Å². The molecular formula is C26H33N3O8. The van der Waals surface area contributed by atoms with Crippen molar-refractivity contribution >= 4 is 28.2 Å². The van der Waals surface area contributed by atoms with Crippen molar-refractivity contribution in [3.05, 3.63) is 63.9 Å². The molecule has 0 aliphatic heterocycles. The maximum Gasteiger partial charge on any atom is 0.267 e. The summed E-state index contributed by atoms with van der Waals surface area (Å²) in [6, 6.07) is 11.9. The Labute approximate surface area is 213 Å². The molecule has 0 spiro atoms. The van der Waals surface area contributed by atoms with Gasteiger partial charge in [-0.25, -0.2) is 0 Å². The van der Waals surface area contributed by atoms with E-state index < -0.39 is 53.8 Å². The van der Waals surface area contributed by atoms with Gasteiger partial charge in [-0.05, 0) is 30.2 Å². The highest BCUT2D eigenvalue weighted by Crippen LogP contribution is 2.38. The minimum Gasteiger partial charge on any atom is -0.506 e. The van der Waals surface area contributed by atoms with Gasteiger partial charge in [0.15, 0.2) is 0 Å². The topological polar surface area (TPSA) is 176 Å². The van der Waals surface area contributed by atoms with E-state index in [4.69, 9.17) is 5.11 Å². The first-order valence-electron chi connectivity index (χ1n) is 11.8. The van der Waals surface area contributed by atoms with Crippen molar-refractivity contribution < 1.29 is 35.4 Å². The van der Waals surface area contributed by atoms with Gasteiger partial charge in [-0.3, -0.25) is 9.59 Å². The first-order chi connectivity index (χ1) is 17.5. The zero-order valence-corrected chi connectivity index (χ0v) is 20.9. The summed E-state index contributed by atoms with van der Waals surface area (Å²) in [6.45, 7) is 0.809. The first-order valence-corrected chi connectivity index (χ1v) is 11.8. The molecule has 1 amide bonds. The lowest BCUT2D eigenvalue weighted by atomic mass is 9.99. The number of amides is 1. The molecule has 2 aromatic carbocycles. The summed E-state index contributed by atoms with van der Waals surface area (Å²) in [5, 5.41) is 63.5. The van der Waals surface area contributed by atoms with E-state index in [1.165, 1.54) is 16.5 Å². The van der Waals surface area contributed by atoms with Gasteiger partial charge in [-0.1, -0.05) is 31.2 Å². The second kappa shape index (κ2) is 11.7. The van der Waals surface area contributed by atoms with E-state index in [-0.39, 0.29) is 11.9 Å². The lowest BCUT2D eigenvalue weighted by Crippen LogP contribution is -2.49. The predicted octanol–water partition coefficient (Wildman–Crippen LogP) is -0.0691. The quantitative estimate of drug-likeness (QED) is 0.195. The number of hydrogen-bond acceptors (Lipinski definition) is 9. The molecule has 3 rings (SSSR count). The highest BCUT2D eigenvalue weighted by molar-refractivity contribution is 6.11. The first kappa shape index (κ1) is 28.1. The lowest BCUT2D eigenvalue weighted by Gasteiger charge is -2.31. The van der Waals surface area contributed by atoms with Crippen LogP contribution >= 0.6 is 0 Å². The van der Waals surface area contributed by atoms with E-state index >= 15 is 0 Å². The van der Waals surface area contributed by atoms with Crippen LogP contribution < -0.4 is 15.8 Å². The molecule has 1 aromatic heterocycles. The van der Waals surface area contributed by atoms with Crippen molar-refractivity contribution in [1.29, 1.82) is 0 Å². The fourth-order valence-corrected chi connectivity index (χ4v) is 4.32. The van der Waals surface area contributed by atoms with Crippen molar-refractivity contribution in [2.24, 2.45) is 7.05 Å². The van der Waals surface area contributed by atoms with Crippen LogP contribution in [0.15, 0.2) is 47.3 Å². The number of rotatable bonds is 10. The number of carbonyl (C=O) groups is 1. The second-order valence-corrected chi connectivity index (χ2v) is 8.91. The molecule has 200 valence electrons. The maximum absolute atomic E-state index is 13.1. The van der Waals surface area contributed by atoms with E-state index in [1.807, 2.05) is 6.92 Å². The molecule has 0 aliphatic carbocycles. The van der Waals surface area contributed by atoms with Crippen molar-refractivity contribution in [2.45, 2.75) is 37.8 Å². The number of aliphatic hydroxyl groups excluding tert-OH is 5. The second-order valence-electron chi connectivity index (χ2n) is 8.91. The van der Waals surface area contributed by atoms with Crippen molar-refractivity contribution in [2.75, 3.05) is 30.4 Å². The molecule has 4 unspecified atom stereocenters. The fraction of sp³-hybridized carbons (Fsp3) is 0.385. The number of benzene rings is 2. The summed E-state index contributed by atoms with van der Waals surface area (Å²) in [7, 11) is 3.05. The van der Waals surface area contributed by atoms with Crippen LogP contribution in [0, 0.1) is 0 Å². The summed E-state index contributed by atoms with van der Waals surface area (Å²) in [5.74, 6) is -1.33. The summed E-state index contributed by atoms with van der Waals surface area (Å²) in [6.07, 6.45) is -6.29. The Balaban J connectivity index is 2.11. The molecule has 0 saturated carbocycles. The molecule has 1 heterocycles. The van der Waals surface area contributed by atoms with Gasteiger partial charge in [-0.15, -0.1) is 0 Å². The molecule has 0 radical (unpaired) electrons. The number of pyridine rings is 1. The van der Waals surface area contributed by atoms with E-state index in [0.29, 0.717) is 23.3 Å². The van der Waals surface area contributed by atoms with Crippen LogP contribution in [0.5, 0.6) is 5.75 Å². The van der Waals surface area contributed by atoms with Crippen LogP contribution in [0.3, 0.4) is 0 Å². The molecular weight excluding hydrogens is 482 g/mol. The normalized spacial score (nSPS) is 14.7. The average molecular weight is 516 g/mol. The number of aromatic nitrogens is 1. The standard InChI is InChI=1S/C26H33N3O8/c1-4-14-10-11-16-19(21(14)28(2)12-17(31)22(33)23(34)18(32)13-30)24(35)20(26(37)29(16)3)25(36)27-15-8-6-5-7-9-15/h5-11,17-18,22-23,30-35H,4,12-13H2,1-3H3,(H,27,36). The molecule has 4 atom stereocenters. The summed E-state index contributed by atoms with van der Waals surface area (Å²) in [5.41, 5.74) is 0.746. The van der Waals surface area contributed by atoms with Gasteiger partial charge in [-0.2, -0.15) is 0 Å². The van der Waals surface area contributed by atoms with Crippen LogP contribution in [0.2, 0.25) is 0 Å². The van der Waals surface area contributed by atoms with E-state index in [1.54, 1.807) is 49.5 Å². The summed E-state index contributed by atoms with van der Waals surface area (Å²) >= 11 is 0. The SMILES string of the molecule is CCc1ccc2c(c(O)c(C(=O)Nc3ccccc3)c(=O)n2C)c1N(C)CC(O)C(O)C(O)C(O)CO. The molecule has 7 N–H and O–H groups in total. The fourth-order valence-electron chi connectivity index (χ4n) is 4.32. The zero-order chi connectivity index (χ0) is 27.4. The lowest BCUT2D eigenvalue weighted by molar-refractivity contribution is -0.112. The number of carbonyl (C=O) groups excluding carboxylic acids is 1. The molecule has 3 aromatic rings. The van der Waals surface area contributed by atoms with Gasteiger partial charge >= 0.3 is 0 Å². The Hall–Kier alpha value is -3.48. The van der Waals surface area contributed by atoms with Crippen LogP contribution in [-0.4, -0.2) is 85.7 Å². The highest BCUT2D eigenvalue weighted by atomic mass is 16.4. The number of para-hydroxylation sites is 1. The van der Waals surface area contributed by atoms with E-state index in [9.17, 15) is 35.1 Å². The number of anilines is 2. The zero-order valence-electron chi connectivity index (χ0n) is 20.9. The summed E-state index contributed by atoms with van der Waals surface area (Å²) in [4.78, 5) is 27.7. The van der Waals surface area contributed by atoms with Gasteiger partial charge in [0.2, 0.25) is 0 Å². The maximum atomic E-state index is 13.1. The molecule has 0 bridgehead atoms. The Morgan fingerprint density at radius 1 is 1.03 bits per heavy atom. The Morgan fingerprint density at radius 3 is 2.24 bits per heavy atom. The van der Waals surface area contributed by atoms with Crippen molar-refractivity contribution in [3.63, 3.8) is 0 Å². The molecule has 37 heavy (non-hydrogen) atoms. The number of aliphatic hydroxyl groups is 5. The van der Waals surface area contributed by atoms with Crippen LogP contribution in [0.4, 0.5) is 11.4 Å². The predicted molar refractivity (Wildman–Crippen MR) is 139 cm³/mol. The Bertz CT molecular complexity index is 1310. The summed E-state index contributed by atoms with van der Waals surface area (Å²) < 4.78 is 1.25. The van der Waals surface area contributed by atoms with Gasteiger partial charge in [0.25, 0.3) is 11.5 Å². The molecule has 11 heteroatoms. The molecule has 0 aliphatic rings. The number of nitrogens with one attached hydrogen (secondary N) is 1.